The second-order valence-corrected chi connectivity index (χ2v) is 6.59. The molecular formula is C15H25F6NO. The molecule has 1 fully saturated rings. The van der Waals surface area contributed by atoms with E-state index in [4.69, 9.17) is 0 Å². The lowest BCUT2D eigenvalue weighted by Gasteiger charge is -2.36. The van der Waals surface area contributed by atoms with E-state index in [9.17, 15) is 31.4 Å². The Morgan fingerprint density at radius 2 is 1.57 bits per heavy atom. The van der Waals surface area contributed by atoms with Crippen LogP contribution in [0.3, 0.4) is 0 Å². The van der Waals surface area contributed by atoms with Gasteiger partial charge in [-0.05, 0) is 25.7 Å². The Balaban J connectivity index is 2.68. The monoisotopic (exact) mass is 349 g/mol. The molecule has 0 aromatic rings. The molecule has 0 amide bonds. The molecule has 0 spiro atoms. The highest BCUT2D eigenvalue weighted by atomic mass is 19.4. The van der Waals surface area contributed by atoms with Gasteiger partial charge in [0.15, 0.2) is 0 Å². The maximum atomic E-state index is 12.8. The largest absolute Gasteiger partial charge is 0.427 e. The third-order valence-corrected chi connectivity index (χ3v) is 4.63. The smallest absolute Gasteiger partial charge is 0.373 e. The molecule has 1 rings (SSSR count). The van der Waals surface area contributed by atoms with E-state index in [0.29, 0.717) is 6.42 Å². The predicted octanol–water partition coefficient (Wildman–Crippen LogP) is 4.52. The van der Waals surface area contributed by atoms with Crippen molar-refractivity contribution in [2.45, 2.75) is 76.4 Å². The normalized spacial score (nSPS) is 24.4. The molecular weight excluding hydrogens is 324 g/mol. The van der Waals surface area contributed by atoms with Gasteiger partial charge in [-0.3, -0.25) is 4.90 Å². The molecule has 1 aliphatic rings. The van der Waals surface area contributed by atoms with Crippen LogP contribution in [0.5, 0.6) is 0 Å². The summed E-state index contributed by atoms with van der Waals surface area (Å²) in [5.41, 5.74) is -4.68. The van der Waals surface area contributed by atoms with E-state index in [2.05, 4.69) is 6.92 Å². The Bertz CT molecular complexity index is 354. The lowest BCUT2D eigenvalue weighted by Crippen LogP contribution is -2.63. The molecule has 23 heavy (non-hydrogen) atoms. The van der Waals surface area contributed by atoms with Gasteiger partial charge in [-0.1, -0.05) is 32.6 Å². The van der Waals surface area contributed by atoms with Gasteiger partial charge in [0.1, 0.15) is 0 Å². The zero-order valence-electron chi connectivity index (χ0n) is 13.5. The van der Waals surface area contributed by atoms with Crippen molar-refractivity contribution >= 4 is 0 Å². The van der Waals surface area contributed by atoms with E-state index in [1.807, 2.05) is 0 Å². The number of halogens is 6. The second kappa shape index (κ2) is 7.59. The van der Waals surface area contributed by atoms with Crippen LogP contribution in [0.25, 0.3) is 0 Å². The summed E-state index contributed by atoms with van der Waals surface area (Å²) in [6.45, 7) is 2.39. The van der Waals surface area contributed by atoms with Gasteiger partial charge in [0.25, 0.3) is 5.60 Å². The van der Waals surface area contributed by atoms with E-state index >= 15 is 0 Å². The van der Waals surface area contributed by atoms with Crippen LogP contribution >= 0.6 is 0 Å². The number of alkyl halides is 6. The minimum absolute atomic E-state index is 0.0903. The zero-order valence-corrected chi connectivity index (χ0v) is 13.5. The Morgan fingerprint density at radius 1 is 1.00 bits per heavy atom. The molecule has 0 aromatic heterocycles. The van der Waals surface area contributed by atoms with Gasteiger partial charge in [-0.25, -0.2) is 0 Å². The Morgan fingerprint density at radius 3 is 2.04 bits per heavy atom. The first-order chi connectivity index (χ1) is 10.4. The molecule has 0 aliphatic carbocycles. The lowest BCUT2D eigenvalue weighted by molar-refractivity contribution is -0.371. The van der Waals surface area contributed by atoms with E-state index in [-0.39, 0.29) is 12.5 Å². The van der Waals surface area contributed by atoms with Crippen LogP contribution in [0.1, 0.15) is 52.4 Å². The average molecular weight is 349 g/mol. The molecule has 2 unspecified atom stereocenters. The maximum Gasteiger partial charge on any atom is 0.427 e. The fourth-order valence-electron chi connectivity index (χ4n) is 3.14. The molecule has 1 N–H and O–H groups in total. The number of β-amino-alcohol motifs (C(OH)–C–C–N with tert-alkyl or cyclic N) is 1. The zero-order chi connectivity index (χ0) is 17.9. The number of rotatable bonds is 7. The van der Waals surface area contributed by atoms with Crippen molar-refractivity contribution in [1.29, 1.82) is 0 Å². The molecule has 138 valence electrons. The summed E-state index contributed by atoms with van der Waals surface area (Å²) >= 11 is 0. The third-order valence-electron chi connectivity index (χ3n) is 4.63. The fourth-order valence-corrected chi connectivity index (χ4v) is 3.14. The van der Waals surface area contributed by atoms with Gasteiger partial charge >= 0.3 is 12.4 Å². The number of nitrogens with zero attached hydrogens (tertiary/aromatic N) is 1. The number of unbranched alkanes of at least 4 members (excludes halogenated alkanes) is 3. The highest BCUT2D eigenvalue weighted by Crippen LogP contribution is 2.44. The predicted molar refractivity (Wildman–Crippen MR) is 75.0 cm³/mol. The molecule has 0 radical (unpaired) electrons. The highest BCUT2D eigenvalue weighted by Gasteiger charge is 2.71. The fraction of sp³-hybridized carbons (Fsp3) is 1.00. The molecule has 1 saturated heterocycles. The molecule has 8 heteroatoms. The summed E-state index contributed by atoms with van der Waals surface area (Å²) in [4.78, 5) is 1.12. The van der Waals surface area contributed by atoms with Crippen molar-refractivity contribution in [2.75, 3.05) is 13.1 Å². The van der Waals surface area contributed by atoms with E-state index < -0.39 is 30.5 Å². The maximum absolute atomic E-state index is 12.8. The molecule has 2 nitrogen and oxygen atoms in total. The molecule has 0 saturated carbocycles. The standard InChI is InChI=1S/C15H25F6NO/c1-3-4-5-6-7-12-8-11(2)22(9-12)10-13(23,14(16,17)18)15(19,20)21/h11-12,23H,3-10H2,1-2H3. The lowest BCUT2D eigenvalue weighted by atomic mass is 9.98. The quantitative estimate of drug-likeness (QED) is 0.539. The van der Waals surface area contributed by atoms with Crippen molar-refractivity contribution in [3.63, 3.8) is 0 Å². The first-order valence-electron chi connectivity index (χ1n) is 8.02. The molecule has 1 heterocycles. The van der Waals surface area contributed by atoms with Crippen LogP contribution in [0, 0.1) is 5.92 Å². The summed E-state index contributed by atoms with van der Waals surface area (Å²) in [5, 5.41) is 9.30. The third kappa shape index (κ3) is 4.98. The minimum atomic E-state index is -5.75. The van der Waals surface area contributed by atoms with Gasteiger partial charge in [0, 0.05) is 19.1 Å². The Labute approximate surface area is 132 Å². The van der Waals surface area contributed by atoms with Gasteiger partial charge in [0.05, 0.1) is 0 Å². The SMILES string of the molecule is CCCCCCC1CC(C)N(CC(O)(C(F)(F)F)C(F)(F)F)C1. The number of aliphatic hydroxyl groups is 1. The van der Waals surface area contributed by atoms with Gasteiger partial charge < -0.3 is 5.11 Å². The molecule has 0 aromatic carbocycles. The van der Waals surface area contributed by atoms with Crippen LogP contribution in [-0.2, 0) is 0 Å². The first-order valence-corrected chi connectivity index (χ1v) is 8.02. The summed E-state index contributed by atoms with van der Waals surface area (Å²) < 4.78 is 76.6. The van der Waals surface area contributed by atoms with Gasteiger partial charge in [0.2, 0.25) is 0 Å². The number of hydrogen-bond acceptors (Lipinski definition) is 2. The van der Waals surface area contributed by atoms with Crippen LogP contribution in [0.15, 0.2) is 0 Å². The van der Waals surface area contributed by atoms with Crippen LogP contribution in [0.2, 0.25) is 0 Å². The number of likely N-dealkylation sites (tertiary alicyclic amines) is 1. The molecule has 1 aliphatic heterocycles. The summed E-state index contributed by atoms with van der Waals surface area (Å²) in [5.74, 6) is 0.0903. The van der Waals surface area contributed by atoms with Crippen LogP contribution < -0.4 is 0 Å². The summed E-state index contributed by atoms with van der Waals surface area (Å²) in [7, 11) is 0. The summed E-state index contributed by atoms with van der Waals surface area (Å²) in [6.07, 6.45) is -6.02. The first kappa shape index (κ1) is 20.5. The van der Waals surface area contributed by atoms with Crippen LogP contribution in [-0.4, -0.2) is 47.1 Å². The van der Waals surface area contributed by atoms with Crippen molar-refractivity contribution in [3.8, 4) is 0 Å². The minimum Gasteiger partial charge on any atom is -0.373 e. The van der Waals surface area contributed by atoms with E-state index in [0.717, 1.165) is 37.0 Å². The Hall–Kier alpha value is -0.500. The second-order valence-electron chi connectivity index (χ2n) is 6.59. The molecule has 2 atom stereocenters. The summed E-state index contributed by atoms with van der Waals surface area (Å²) in [6, 6.07) is -0.401. The Kier molecular flexibility index (Phi) is 6.78. The van der Waals surface area contributed by atoms with Crippen molar-refractivity contribution < 1.29 is 31.4 Å². The topological polar surface area (TPSA) is 23.5 Å². The van der Waals surface area contributed by atoms with E-state index in [1.165, 1.54) is 0 Å². The van der Waals surface area contributed by atoms with Gasteiger partial charge in [-0.15, -0.1) is 0 Å². The van der Waals surface area contributed by atoms with Crippen LogP contribution in [0.4, 0.5) is 26.3 Å². The van der Waals surface area contributed by atoms with Crippen molar-refractivity contribution in [1.82, 2.24) is 4.90 Å². The van der Waals surface area contributed by atoms with Gasteiger partial charge in [-0.2, -0.15) is 26.3 Å². The molecule has 0 bridgehead atoms. The van der Waals surface area contributed by atoms with Crippen molar-refractivity contribution in [2.24, 2.45) is 5.92 Å². The highest BCUT2D eigenvalue weighted by molar-refractivity contribution is 4.99. The number of hydrogen-bond donors (Lipinski definition) is 1. The van der Waals surface area contributed by atoms with Crippen molar-refractivity contribution in [3.05, 3.63) is 0 Å². The van der Waals surface area contributed by atoms with E-state index in [1.54, 1.807) is 6.92 Å². The average Bonchev–Trinajstić information content (AvgIpc) is 2.72.